The van der Waals surface area contributed by atoms with Crippen LogP contribution >= 0.6 is 0 Å². The van der Waals surface area contributed by atoms with Crippen LogP contribution in [-0.4, -0.2) is 66.2 Å². The number of sulfonamides is 1. The standard InChI is InChI=1S/C20H22N2O5S/c1-14-18(23)19(24)17(21(2)20(25)15-9-5-3-6-10-15)13-22(14)28(26,27)16-11-7-4-8-12-16/h3-12,14,17-18,23H,13H2,1-2H3/t14-,17-,18-/m0/s1. The van der Waals surface area contributed by atoms with Crippen molar-refractivity contribution < 1.29 is 23.1 Å². The van der Waals surface area contributed by atoms with Gasteiger partial charge in [0.25, 0.3) is 5.91 Å². The number of hydrogen-bond donors (Lipinski definition) is 1. The number of likely N-dealkylation sites (N-methyl/N-ethyl adjacent to an activating group) is 1. The first-order chi connectivity index (χ1) is 13.2. The van der Waals surface area contributed by atoms with Crippen molar-refractivity contribution in [1.82, 2.24) is 9.21 Å². The van der Waals surface area contributed by atoms with Crippen molar-refractivity contribution in [3.63, 3.8) is 0 Å². The van der Waals surface area contributed by atoms with Crippen LogP contribution in [0.3, 0.4) is 0 Å². The van der Waals surface area contributed by atoms with E-state index >= 15 is 0 Å². The highest BCUT2D eigenvalue weighted by Crippen LogP contribution is 2.26. The van der Waals surface area contributed by atoms with Gasteiger partial charge in [-0.05, 0) is 31.2 Å². The quantitative estimate of drug-likeness (QED) is 0.828. The minimum Gasteiger partial charge on any atom is -0.384 e. The molecule has 2 aromatic rings. The SMILES string of the molecule is C[C@H]1[C@H](O)C(=O)[C@@H](N(C)C(=O)c2ccccc2)CN1S(=O)(=O)c1ccccc1. The first kappa shape index (κ1) is 20.2. The predicted molar refractivity (Wildman–Crippen MR) is 103 cm³/mol. The lowest BCUT2D eigenvalue weighted by Crippen LogP contribution is -2.64. The Bertz CT molecular complexity index is 963. The van der Waals surface area contributed by atoms with E-state index in [0.717, 1.165) is 4.31 Å². The lowest BCUT2D eigenvalue weighted by atomic mass is 9.95. The molecule has 0 aliphatic carbocycles. The number of ketones is 1. The molecule has 1 amide bonds. The average Bonchev–Trinajstić information content (AvgIpc) is 2.72. The predicted octanol–water partition coefficient (Wildman–Crippen LogP) is 1.15. The Morgan fingerprint density at radius 2 is 1.61 bits per heavy atom. The molecular formula is C20H22N2O5S. The van der Waals surface area contributed by atoms with Gasteiger partial charge in [0, 0.05) is 19.2 Å². The van der Waals surface area contributed by atoms with Crippen LogP contribution in [0.1, 0.15) is 17.3 Å². The minimum absolute atomic E-state index is 0.0687. The molecule has 28 heavy (non-hydrogen) atoms. The van der Waals surface area contributed by atoms with E-state index in [1.807, 2.05) is 0 Å². The van der Waals surface area contributed by atoms with Crippen LogP contribution in [0.25, 0.3) is 0 Å². The van der Waals surface area contributed by atoms with Crippen LogP contribution in [0, 0.1) is 0 Å². The second-order valence-electron chi connectivity index (χ2n) is 6.77. The number of carbonyl (C=O) groups excluding carboxylic acids is 2. The van der Waals surface area contributed by atoms with E-state index in [-0.39, 0.29) is 11.4 Å². The number of rotatable bonds is 4. The number of hydrogen-bond acceptors (Lipinski definition) is 5. The molecule has 1 aliphatic rings. The van der Waals surface area contributed by atoms with Crippen molar-refractivity contribution in [1.29, 1.82) is 0 Å². The molecule has 2 aromatic carbocycles. The third kappa shape index (κ3) is 3.58. The molecule has 1 N–H and O–H groups in total. The molecule has 3 atom stereocenters. The Hall–Kier alpha value is -2.55. The third-order valence-corrected chi connectivity index (χ3v) is 7.01. The molecule has 8 heteroatoms. The summed E-state index contributed by atoms with van der Waals surface area (Å²) < 4.78 is 27.2. The van der Waals surface area contributed by atoms with Gasteiger partial charge < -0.3 is 10.0 Å². The normalized spacial score (nSPS) is 23.4. The van der Waals surface area contributed by atoms with E-state index in [0.29, 0.717) is 5.56 Å². The average molecular weight is 402 g/mol. The van der Waals surface area contributed by atoms with E-state index in [9.17, 15) is 23.1 Å². The van der Waals surface area contributed by atoms with Crippen LogP contribution in [0.15, 0.2) is 65.6 Å². The van der Waals surface area contributed by atoms with Gasteiger partial charge in [-0.3, -0.25) is 9.59 Å². The molecule has 1 heterocycles. The zero-order valence-electron chi connectivity index (χ0n) is 15.6. The van der Waals surface area contributed by atoms with Crippen LogP contribution in [0.5, 0.6) is 0 Å². The van der Waals surface area contributed by atoms with Crippen molar-refractivity contribution in [2.75, 3.05) is 13.6 Å². The molecule has 148 valence electrons. The molecule has 1 aliphatic heterocycles. The fraction of sp³-hybridized carbons (Fsp3) is 0.300. The van der Waals surface area contributed by atoms with Gasteiger partial charge in [0.15, 0.2) is 5.78 Å². The van der Waals surface area contributed by atoms with Gasteiger partial charge >= 0.3 is 0 Å². The number of Topliss-reactive ketones (excluding diaryl/α,β-unsaturated/α-hetero) is 1. The summed E-state index contributed by atoms with van der Waals surface area (Å²) in [5, 5.41) is 10.4. The summed E-state index contributed by atoms with van der Waals surface area (Å²) in [5.74, 6) is -0.989. The number of benzene rings is 2. The molecule has 0 unspecified atom stereocenters. The van der Waals surface area contributed by atoms with Crippen molar-refractivity contribution >= 4 is 21.7 Å². The zero-order chi connectivity index (χ0) is 20.5. The largest absolute Gasteiger partial charge is 0.384 e. The molecule has 0 radical (unpaired) electrons. The maximum absolute atomic E-state index is 13.1. The van der Waals surface area contributed by atoms with E-state index < -0.39 is 39.9 Å². The number of aliphatic hydroxyl groups is 1. The highest BCUT2D eigenvalue weighted by atomic mass is 32.2. The van der Waals surface area contributed by atoms with Gasteiger partial charge in [-0.1, -0.05) is 36.4 Å². The van der Waals surface area contributed by atoms with Gasteiger partial charge in [0.2, 0.25) is 10.0 Å². The van der Waals surface area contributed by atoms with Crippen molar-refractivity contribution in [2.24, 2.45) is 0 Å². The highest BCUT2D eigenvalue weighted by molar-refractivity contribution is 7.89. The molecule has 3 rings (SSSR count). The van der Waals surface area contributed by atoms with Gasteiger partial charge in [-0.15, -0.1) is 0 Å². The summed E-state index contributed by atoms with van der Waals surface area (Å²) in [5.41, 5.74) is 0.378. The third-order valence-electron chi connectivity index (χ3n) is 5.04. The van der Waals surface area contributed by atoms with Crippen molar-refractivity contribution in [3.05, 3.63) is 66.2 Å². The van der Waals surface area contributed by atoms with E-state index in [1.54, 1.807) is 48.5 Å². The Kier molecular flexibility index (Phi) is 5.64. The van der Waals surface area contributed by atoms with Crippen LogP contribution < -0.4 is 0 Å². The fourth-order valence-corrected chi connectivity index (χ4v) is 4.97. The van der Waals surface area contributed by atoms with E-state index in [4.69, 9.17) is 0 Å². The Morgan fingerprint density at radius 1 is 1.07 bits per heavy atom. The van der Waals surface area contributed by atoms with Gasteiger partial charge in [-0.2, -0.15) is 4.31 Å². The molecule has 1 saturated heterocycles. The summed E-state index contributed by atoms with van der Waals surface area (Å²) in [7, 11) is -2.50. The van der Waals surface area contributed by atoms with Gasteiger partial charge in [-0.25, -0.2) is 8.42 Å². The molecule has 7 nitrogen and oxygen atoms in total. The first-order valence-corrected chi connectivity index (χ1v) is 10.3. The fourth-order valence-electron chi connectivity index (χ4n) is 3.30. The van der Waals surface area contributed by atoms with E-state index in [2.05, 4.69) is 0 Å². The van der Waals surface area contributed by atoms with Gasteiger partial charge in [0.1, 0.15) is 12.1 Å². The number of nitrogens with zero attached hydrogens (tertiary/aromatic N) is 2. The Balaban J connectivity index is 1.93. The van der Waals surface area contributed by atoms with Crippen molar-refractivity contribution in [3.8, 4) is 0 Å². The molecule has 0 saturated carbocycles. The second kappa shape index (κ2) is 7.83. The monoisotopic (exact) mass is 402 g/mol. The van der Waals surface area contributed by atoms with Crippen molar-refractivity contribution in [2.45, 2.75) is 30.0 Å². The smallest absolute Gasteiger partial charge is 0.254 e. The minimum atomic E-state index is -3.94. The lowest BCUT2D eigenvalue weighted by molar-refractivity contribution is -0.138. The molecule has 0 bridgehead atoms. The topological polar surface area (TPSA) is 95.0 Å². The lowest BCUT2D eigenvalue weighted by Gasteiger charge is -2.41. The zero-order valence-corrected chi connectivity index (χ0v) is 16.4. The highest BCUT2D eigenvalue weighted by Gasteiger charge is 2.47. The van der Waals surface area contributed by atoms with Gasteiger partial charge in [0.05, 0.1) is 10.9 Å². The molecule has 0 spiro atoms. The number of piperidine rings is 1. The number of amides is 1. The Morgan fingerprint density at radius 3 is 2.18 bits per heavy atom. The van der Waals surface area contributed by atoms with Crippen LogP contribution in [0.2, 0.25) is 0 Å². The summed E-state index contributed by atoms with van der Waals surface area (Å²) in [6.45, 7) is 1.27. The summed E-state index contributed by atoms with van der Waals surface area (Å²) in [6.07, 6.45) is -1.52. The van der Waals surface area contributed by atoms with Crippen LogP contribution in [-0.2, 0) is 14.8 Å². The van der Waals surface area contributed by atoms with Crippen LogP contribution in [0.4, 0.5) is 0 Å². The first-order valence-electron chi connectivity index (χ1n) is 8.86. The maximum atomic E-state index is 13.1. The number of aliphatic hydroxyl groups excluding tert-OH is 1. The summed E-state index contributed by atoms with van der Waals surface area (Å²) in [4.78, 5) is 26.6. The molecular weight excluding hydrogens is 380 g/mol. The Labute approximate surface area is 164 Å². The second-order valence-corrected chi connectivity index (χ2v) is 8.66. The maximum Gasteiger partial charge on any atom is 0.254 e. The summed E-state index contributed by atoms with van der Waals surface area (Å²) in [6, 6.07) is 14.2. The summed E-state index contributed by atoms with van der Waals surface area (Å²) >= 11 is 0. The molecule has 0 aromatic heterocycles. The number of carbonyl (C=O) groups is 2. The van der Waals surface area contributed by atoms with E-state index in [1.165, 1.54) is 31.0 Å². The molecule has 1 fully saturated rings.